The Hall–Kier alpha value is -1.32. The molecule has 1 aromatic rings. The SMILES string of the molecule is CCC(=O)n1[nH]c(C(C)(C)C)cc1=O. The van der Waals surface area contributed by atoms with Gasteiger partial charge in [0, 0.05) is 23.6 Å². The van der Waals surface area contributed by atoms with Gasteiger partial charge in [0.25, 0.3) is 5.56 Å². The Morgan fingerprint density at radius 1 is 1.50 bits per heavy atom. The van der Waals surface area contributed by atoms with Crippen LogP contribution in [-0.4, -0.2) is 15.7 Å². The van der Waals surface area contributed by atoms with E-state index in [1.54, 1.807) is 6.92 Å². The number of hydrogen-bond acceptors (Lipinski definition) is 2. The molecule has 4 heteroatoms. The van der Waals surface area contributed by atoms with Crippen LogP contribution in [0.25, 0.3) is 0 Å². The average molecular weight is 196 g/mol. The number of hydrogen-bond donors (Lipinski definition) is 1. The number of carbonyl (C=O) groups is 1. The van der Waals surface area contributed by atoms with Crippen molar-refractivity contribution in [1.82, 2.24) is 9.78 Å². The molecule has 0 radical (unpaired) electrons. The molecule has 0 aliphatic carbocycles. The standard InChI is InChI=1S/C10H16N2O2/c1-5-8(13)12-9(14)6-7(11-12)10(2,3)4/h6,11H,5H2,1-4H3. The van der Waals surface area contributed by atoms with Crippen LogP contribution in [0.15, 0.2) is 10.9 Å². The Balaban J connectivity index is 3.19. The first-order chi connectivity index (χ1) is 6.36. The number of aromatic amines is 1. The number of nitrogens with zero attached hydrogens (tertiary/aromatic N) is 1. The van der Waals surface area contributed by atoms with Crippen LogP contribution >= 0.6 is 0 Å². The van der Waals surface area contributed by atoms with Gasteiger partial charge in [-0.1, -0.05) is 27.7 Å². The Morgan fingerprint density at radius 2 is 2.07 bits per heavy atom. The van der Waals surface area contributed by atoms with E-state index in [-0.39, 0.29) is 16.9 Å². The maximum atomic E-state index is 11.4. The summed E-state index contributed by atoms with van der Waals surface area (Å²) in [5.74, 6) is -0.203. The molecule has 0 saturated carbocycles. The van der Waals surface area contributed by atoms with Crippen molar-refractivity contribution in [1.29, 1.82) is 0 Å². The van der Waals surface area contributed by atoms with Gasteiger partial charge in [0.05, 0.1) is 0 Å². The molecule has 0 bridgehead atoms. The fourth-order valence-corrected chi connectivity index (χ4v) is 1.12. The minimum Gasteiger partial charge on any atom is -0.292 e. The Bertz CT molecular complexity index is 393. The van der Waals surface area contributed by atoms with Crippen LogP contribution in [0.1, 0.15) is 44.6 Å². The smallest absolute Gasteiger partial charge is 0.273 e. The molecule has 1 N–H and O–H groups in total. The van der Waals surface area contributed by atoms with Crippen molar-refractivity contribution < 1.29 is 4.79 Å². The van der Waals surface area contributed by atoms with Crippen molar-refractivity contribution in [3.63, 3.8) is 0 Å². The van der Waals surface area contributed by atoms with E-state index in [4.69, 9.17) is 0 Å². The molecular weight excluding hydrogens is 180 g/mol. The Kier molecular flexibility index (Phi) is 2.64. The van der Waals surface area contributed by atoms with Crippen LogP contribution in [0.4, 0.5) is 0 Å². The van der Waals surface area contributed by atoms with Crippen LogP contribution in [0.2, 0.25) is 0 Å². The molecule has 1 heterocycles. The van der Waals surface area contributed by atoms with Gasteiger partial charge in [0.1, 0.15) is 0 Å². The lowest BCUT2D eigenvalue weighted by Gasteiger charge is -2.15. The van der Waals surface area contributed by atoms with Crippen molar-refractivity contribution in [3.05, 3.63) is 22.1 Å². The molecule has 0 atom stereocenters. The third-order valence-electron chi connectivity index (χ3n) is 2.08. The lowest BCUT2D eigenvalue weighted by Crippen LogP contribution is -2.23. The first-order valence-corrected chi connectivity index (χ1v) is 4.72. The molecule has 0 aliphatic rings. The lowest BCUT2D eigenvalue weighted by atomic mass is 9.93. The van der Waals surface area contributed by atoms with Gasteiger partial charge in [-0.2, -0.15) is 4.68 Å². The third kappa shape index (κ3) is 1.95. The van der Waals surface area contributed by atoms with E-state index < -0.39 is 0 Å². The van der Waals surface area contributed by atoms with Crippen molar-refractivity contribution in [2.45, 2.75) is 39.5 Å². The summed E-state index contributed by atoms with van der Waals surface area (Å²) in [6.45, 7) is 7.68. The predicted molar refractivity (Wildman–Crippen MR) is 54.7 cm³/mol. The van der Waals surface area contributed by atoms with E-state index >= 15 is 0 Å². The van der Waals surface area contributed by atoms with Gasteiger partial charge in [-0.05, 0) is 0 Å². The van der Waals surface area contributed by atoms with E-state index in [9.17, 15) is 9.59 Å². The van der Waals surface area contributed by atoms with Crippen LogP contribution in [-0.2, 0) is 5.41 Å². The molecule has 0 aliphatic heterocycles. The molecule has 0 spiro atoms. The van der Waals surface area contributed by atoms with E-state index in [0.717, 1.165) is 10.4 Å². The maximum Gasteiger partial charge on any atom is 0.273 e. The molecule has 1 rings (SSSR count). The highest BCUT2D eigenvalue weighted by Gasteiger charge is 2.18. The first-order valence-electron chi connectivity index (χ1n) is 4.72. The number of rotatable bonds is 1. The summed E-state index contributed by atoms with van der Waals surface area (Å²) >= 11 is 0. The van der Waals surface area contributed by atoms with Crippen LogP contribution in [0.3, 0.4) is 0 Å². The number of carbonyl (C=O) groups excluding carboxylic acids is 1. The molecule has 14 heavy (non-hydrogen) atoms. The van der Waals surface area contributed by atoms with Gasteiger partial charge < -0.3 is 0 Å². The second-order valence-corrected chi connectivity index (χ2v) is 4.34. The summed E-state index contributed by atoms with van der Waals surface area (Å²) in [4.78, 5) is 22.7. The second-order valence-electron chi connectivity index (χ2n) is 4.34. The van der Waals surface area contributed by atoms with E-state index in [1.165, 1.54) is 6.07 Å². The highest BCUT2D eigenvalue weighted by atomic mass is 16.2. The van der Waals surface area contributed by atoms with E-state index in [2.05, 4.69) is 5.10 Å². The normalized spacial score (nSPS) is 11.7. The summed E-state index contributed by atoms with van der Waals surface area (Å²) < 4.78 is 1.07. The molecule has 0 saturated heterocycles. The van der Waals surface area contributed by atoms with Crippen LogP contribution in [0, 0.1) is 0 Å². The van der Waals surface area contributed by atoms with Gasteiger partial charge in [0.15, 0.2) is 0 Å². The molecule has 1 aromatic heterocycles. The third-order valence-corrected chi connectivity index (χ3v) is 2.08. The average Bonchev–Trinajstić information content (AvgIpc) is 2.45. The van der Waals surface area contributed by atoms with E-state index in [0.29, 0.717) is 6.42 Å². The Labute approximate surface area is 82.9 Å². The van der Waals surface area contributed by atoms with Gasteiger partial charge in [-0.3, -0.25) is 14.7 Å². The largest absolute Gasteiger partial charge is 0.292 e. The van der Waals surface area contributed by atoms with Crippen molar-refractivity contribution in [3.8, 4) is 0 Å². The summed E-state index contributed by atoms with van der Waals surface area (Å²) in [5, 5.41) is 2.83. The number of nitrogens with one attached hydrogen (secondary N) is 1. The number of H-pyrrole nitrogens is 1. The highest BCUT2D eigenvalue weighted by molar-refractivity contribution is 5.77. The Morgan fingerprint density at radius 3 is 2.43 bits per heavy atom. The van der Waals surface area contributed by atoms with Crippen LogP contribution < -0.4 is 5.56 Å². The minimum absolute atomic E-state index is 0.140. The van der Waals surface area contributed by atoms with Gasteiger partial charge in [0.2, 0.25) is 5.91 Å². The zero-order chi connectivity index (χ0) is 10.9. The van der Waals surface area contributed by atoms with Crippen molar-refractivity contribution in [2.24, 2.45) is 0 Å². The van der Waals surface area contributed by atoms with Crippen LogP contribution in [0.5, 0.6) is 0 Å². The quantitative estimate of drug-likeness (QED) is 0.740. The fourth-order valence-electron chi connectivity index (χ4n) is 1.12. The van der Waals surface area contributed by atoms with E-state index in [1.807, 2.05) is 20.8 Å². The summed E-state index contributed by atoms with van der Waals surface area (Å²) in [6.07, 6.45) is 0.323. The highest BCUT2D eigenvalue weighted by Crippen LogP contribution is 2.17. The summed E-state index contributed by atoms with van der Waals surface area (Å²) in [5.41, 5.74) is 0.365. The van der Waals surface area contributed by atoms with Gasteiger partial charge in [-0.15, -0.1) is 0 Å². The molecule has 0 unspecified atom stereocenters. The molecule has 78 valence electrons. The topological polar surface area (TPSA) is 54.9 Å². The lowest BCUT2D eigenvalue weighted by molar-refractivity contribution is 0.0888. The predicted octanol–water partition coefficient (Wildman–Crippen LogP) is 1.52. The minimum atomic E-state index is -0.276. The van der Waals surface area contributed by atoms with Gasteiger partial charge >= 0.3 is 0 Å². The van der Waals surface area contributed by atoms with Crippen molar-refractivity contribution in [2.75, 3.05) is 0 Å². The first kappa shape index (κ1) is 10.8. The zero-order valence-electron chi connectivity index (χ0n) is 9.05. The molecule has 4 nitrogen and oxygen atoms in total. The van der Waals surface area contributed by atoms with Crippen molar-refractivity contribution >= 4 is 5.91 Å². The molecule has 0 amide bonds. The summed E-state index contributed by atoms with van der Waals surface area (Å²) in [7, 11) is 0. The van der Waals surface area contributed by atoms with Gasteiger partial charge in [-0.25, -0.2) is 0 Å². The number of aromatic nitrogens is 2. The maximum absolute atomic E-state index is 11.4. The molecular formula is C10H16N2O2. The monoisotopic (exact) mass is 196 g/mol. The fraction of sp³-hybridized carbons (Fsp3) is 0.600. The molecule has 0 fully saturated rings. The zero-order valence-corrected chi connectivity index (χ0v) is 9.05. The molecule has 0 aromatic carbocycles. The summed E-state index contributed by atoms with van der Waals surface area (Å²) in [6, 6.07) is 1.48. The second kappa shape index (κ2) is 3.44.